The highest BCUT2D eigenvalue weighted by molar-refractivity contribution is 5.68. The third-order valence-electron chi connectivity index (χ3n) is 3.51. The van der Waals surface area contributed by atoms with Crippen molar-refractivity contribution in [3.8, 4) is 0 Å². The van der Waals surface area contributed by atoms with Crippen molar-refractivity contribution in [2.24, 2.45) is 5.73 Å². The van der Waals surface area contributed by atoms with Crippen molar-refractivity contribution < 1.29 is 4.42 Å². The molecule has 2 aromatic heterocycles. The molecule has 90 valence electrons. The Hall–Kier alpha value is -1.42. The van der Waals surface area contributed by atoms with Crippen molar-refractivity contribution in [3.05, 3.63) is 23.7 Å². The molecule has 4 heteroatoms. The predicted molar refractivity (Wildman–Crippen MR) is 65.5 cm³/mol. The molecule has 3 rings (SSSR count). The normalized spacial score (nSPS) is 17.7. The largest absolute Gasteiger partial charge is 0.439 e. The highest BCUT2D eigenvalue weighted by Gasteiger charge is 2.21. The van der Waals surface area contributed by atoms with Gasteiger partial charge in [0.1, 0.15) is 0 Å². The first-order chi connectivity index (χ1) is 8.36. The van der Waals surface area contributed by atoms with Gasteiger partial charge >= 0.3 is 0 Å². The Labute approximate surface area is 100 Å². The molecule has 17 heavy (non-hydrogen) atoms. The van der Waals surface area contributed by atoms with Crippen LogP contribution in [0, 0.1) is 0 Å². The summed E-state index contributed by atoms with van der Waals surface area (Å²) in [6.45, 7) is 0.488. The van der Waals surface area contributed by atoms with E-state index in [4.69, 9.17) is 10.2 Å². The maximum atomic E-state index is 5.82. The molecule has 4 nitrogen and oxygen atoms in total. The molecule has 1 fully saturated rings. The molecule has 1 aliphatic carbocycles. The molecule has 2 heterocycles. The number of nitrogens with zero attached hydrogens (tertiary/aromatic N) is 2. The zero-order valence-corrected chi connectivity index (χ0v) is 9.85. The summed E-state index contributed by atoms with van der Waals surface area (Å²) < 4.78 is 5.82. The van der Waals surface area contributed by atoms with Gasteiger partial charge < -0.3 is 10.2 Å². The summed E-state index contributed by atoms with van der Waals surface area (Å²) in [6.07, 6.45) is 8.06. The third kappa shape index (κ3) is 2.05. The molecular weight excluding hydrogens is 214 g/mol. The first kappa shape index (κ1) is 10.7. The minimum atomic E-state index is 0.485. The van der Waals surface area contributed by atoms with Crippen LogP contribution in [-0.4, -0.2) is 9.97 Å². The van der Waals surface area contributed by atoms with Crippen LogP contribution in [0.3, 0.4) is 0 Å². The molecular formula is C13H17N3O. The van der Waals surface area contributed by atoms with Gasteiger partial charge in [0, 0.05) is 18.7 Å². The standard InChI is InChI=1S/C13H17N3O/c14-7-9-6-11-12(15-8-9)16-13(17-11)10-4-2-1-3-5-10/h6,8,10H,1-5,7,14H2. The molecule has 2 N–H and O–H groups in total. The lowest BCUT2D eigenvalue weighted by Crippen LogP contribution is -2.04. The Morgan fingerprint density at radius 1 is 1.29 bits per heavy atom. The molecule has 1 aliphatic rings. The topological polar surface area (TPSA) is 64.9 Å². The monoisotopic (exact) mass is 231 g/mol. The van der Waals surface area contributed by atoms with Crippen molar-refractivity contribution in [2.45, 2.75) is 44.6 Å². The van der Waals surface area contributed by atoms with Gasteiger partial charge in [0.25, 0.3) is 0 Å². The average molecular weight is 231 g/mol. The van der Waals surface area contributed by atoms with E-state index < -0.39 is 0 Å². The molecule has 0 unspecified atom stereocenters. The maximum absolute atomic E-state index is 5.82. The smallest absolute Gasteiger partial charge is 0.200 e. The Kier molecular flexibility index (Phi) is 2.81. The van der Waals surface area contributed by atoms with E-state index in [2.05, 4.69) is 9.97 Å². The summed E-state index contributed by atoms with van der Waals surface area (Å²) in [5.74, 6) is 1.35. The summed E-state index contributed by atoms with van der Waals surface area (Å²) in [6, 6.07) is 1.95. The minimum absolute atomic E-state index is 0.485. The van der Waals surface area contributed by atoms with Gasteiger partial charge in [-0.15, -0.1) is 0 Å². The van der Waals surface area contributed by atoms with Crippen LogP contribution in [0.5, 0.6) is 0 Å². The van der Waals surface area contributed by atoms with Gasteiger partial charge in [-0.2, -0.15) is 4.98 Å². The molecule has 0 aromatic carbocycles. The number of hydrogen-bond donors (Lipinski definition) is 1. The molecule has 0 saturated heterocycles. The summed E-state index contributed by atoms with van der Waals surface area (Å²) in [4.78, 5) is 8.78. The highest BCUT2D eigenvalue weighted by atomic mass is 16.3. The van der Waals surface area contributed by atoms with E-state index >= 15 is 0 Å². The number of hydrogen-bond acceptors (Lipinski definition) is 4. The molecule has 0 bridgehead atoms. The minimum Gasteiger partial charge on any atom is -0.439 e. The second-order valence-corrected chi connectivity index (χ2v) is 4.76. The predicted octanol–water partition coefficient (Wildman–Crippen LogP) is 2.73. The summed E-state index contributed by atoms with van der Waals surface area (Å²) in [5, 5.41) is 0. The number of rotatable bonds is 2. The zero-order valence-electron chi connectivity index (χ0n) is 9.85. The van der Waals surface area contributed by atoms with Gasteiger partial charge in [0.05, 0.1) is 0 Å². The average Bonchev–Trinajstić information content (AvgIpc) is 2.82. The van der Waals surface area contributed by atoms with Gasteiger partial charge in [0.15, 0.2) is 17.1 Å². The number of oxazole rings is 1. The summed E-state index contributed by atoms with van der Waals surface area (Å²) >= 11 is 0. The van der Waals surface area contributed by atoms with Crippen molar-refractivity contribution >= 4 is 11.2 Å². The van der Waals surface area contributed by atoms with Gasteiger partial charge in [0.2, 0.25) is 0 Å². The second-order valence-electron chi connectivity index (χ2n) is 4.76. The third-order valence-corrected chi connectivity index (χ3v) is 3.51. The Morgan fingerprint density at radius 2 is 2.12 bits per heavy atom. The summed E-state index contributed by atoms with van der Waals surface area (Å²) in [7, 11) is 0. The number of nitrogens with two attached hydrogens (primary N) is 1. The molecule has 0 amide bonds. The Morgan fingerprint density at radius 3 is 2.88 bits per heavy atom. The van der Waals surface area contributed by atoms with Crippen LogP contribution in [-0.2, 0) is 6.54 Å². The maximum Gasteiger partial charge on any atom is 0.200 e. The summed E-state index contributed by atoms with van der Waals surface area (Å²) in [5.41, 5.74) is 8.06. The fourth-order valence-corrected chi connectivity index (χ4v) is 2.51. The quantitative estimate of drug-likeness (QED) is 0.863. The van der Waals surface area contributed by atoms with Gasteiger partial charge in [-0.25, -0.2) is 4.98 Å². The van der Waals surface area contributed by atoms with Crippen LogP contribution in [0.1, 0.15) is 49.5 Å². The SMILES string of the molecule is NCc1cnc2nc(C3CCCCC3)oc2c1. The molecule has 1 saturated carbocycles. The highest BCUT2D eigenvalue weighted by Crippen LogP contribution is 2.33. The fraction of sp³-hybridized carbons (Fsp3) is 0.538. The molecule has 0 radical (unpaired) electrons. The van der Waals surface area contributed by atoms with Crippen LogP contribution in [0.15, 0.2) is 16.7 Å². The number of aromatic nitrogens is 2. The van der Waals surface area contributed by atoms with E-state index in [0.29, 0.717) is 18.1 Å². The van der Waals surface area contributed by atoms with Crippen LogP contribution < -0.4 is 5.73 Å². The fourth-order valence-electron chi connectivity index (χ4n) is 2.51. The molecule has 2 aromatic rings. The second kappa shape index (κ2) is 4.45. The molecule has 0 spiro atoms. The first-order valence-electron chi connectivity index (χ1n) is 6.32. The molecule has 0 aliphatic heterocycles. The lowest BCUT2D eigenvalue weighted by Gasteiger charge is -2.17. The van der Waals surface area contributed by atoms with Gasteiger partial charge in [-0.3, -0.25) is 0 Å². The first-order valence-corrected chi connectivity index (χ1v) is 6.32. The van der Waals surface area contributed by atoms with Gasteiger partial charge in [-0.05, 0) is 24.5 Å². The van der Waals surface area contributed by atoms with Gasteiger partial charge in [-0.1, -0.05) is 19.3 Å². The van der Waals surface area contributed by atoms with E-state index in [1.54, 1.807) is 6.20 Å². The van der Waals surface area contributed by atoms with E-state index in [1.165, 1.54) is 32.1 Å². The van der Waals surface area contributed by atoms with Crippen molar-refractivity contribution in [3.63, 3.8) is 0 Å². The van der Waals surface area contributed by atoms with Crippen molar-refractivity contribution in [1.82, 2.24) is 9.97 Å². The van der Waals surface area contributed by atoms with Crippen LogP contribution in [0.4, 0.5) is 0 Å². The Bertz CT molecular complexity index is 514. The number of pyridine rings is 1. The van der Waals surface area contributed by atoms with Crippen LogP contribution in [0.2, 0.25) is 0 Å². The lowest BCUT2D eigenvalue weighted by atomic mass is 9.89. The van der Waals surface area contributed by atoms with Crippen molar-refractivity contribution in [1.29, 1.82) is 0 Å². The van der Waals surface area contributed by atoms with E-state index in [0.717, 1.165) is 17.0 Å². The van der Waals surface area contributed by atoms with E-state index in [9.17, 15) is 0 Å². The van der Waals surface area contributed by atoms with E-state index in [-0.39, 0.29) is 0 Å². The van der Waals surface area contributed by atoms with Crippen molar-refractivity contribution in [2.75, 3.05) is 0 Å². The zero-order chi connectivity index (χ0) is 11.7. The molecule has 0 atom stereocenters. The van der Waals surface area contributed by atoms with Crippen LogP contribution >= 0.6 is 0 Å². The van der Waals surface area contributed by atoms with E-state index in [1.807, 2.05) is 6.07 Å². The van der Waals surface area contributed by atoms with Crippen LogP contribution in [0.25, 0.3) is 11.2 Å². The Balaban J connectivity index is 1.95. The number of fused-ring (bicyclic) bond motifs is 1. The lowest BCUT2D eigenvalue weighted by molar-refractivity contribution is 0.373.